The molecule has 0 saturated heterocycles. The van der Waals surface area contributed by atoms with Gasteiger partial charge in [-0.3, -0.25) is 0 Å². The molecule has 1 aliphatic carbocycles. The molecule has 0 spiro atoms. The van der Waals surface area contributed by atoms with Crippen LogP contribution in [0.3, 0.4) is 0 Å². The molecule has 1 aromatic rings. The minimum absolute atomic E-state index is 0.504. The molecular formula is C17H26. The molecule has 0 radical (unpaired) electrons. The Balaban J connectivity index is 1.86. The molecule has 17 heavy (non-hydrogen) atoms. The first-order valence-electron chi connectivity index (χ1n) is 7.09. The van der Waals surface area contributed by atoms with Crippen LogP contribution in [0, 0.1) is 11.3 Å². The van der Waals surface area contributed by atoms with Crippen LogP contribution in [0.2, 0.25) is 0 Å². The quantitative estimate of drug-likeness (QED) is 0.638. The molecule has 1 fully saturated rings. The van der Waals surface area contributed by atoms with E-state index in [1.54, 1.807) is 5.56 Å². The molecule has 0 N–H and O–H groups in total. The van der Waals surface area contributed by atoms with E-state index in [-0.39, 0.29) is 0 Å². The van der Waals surface area contributed by atoms with Crippen LogP contribution in [0.1, 0.15) is 64.4 Å². The Bertz CT molecular complexity index is 323. The molecule has 0 atom stereocenters. The Hall–Kier alpha value is -0.780. The van der Waals surface area contributed by atoms with Gasteiger partial charge >= 0.3 is 0 Å². The fourth-order valence-electron chi connectivity index (χ4n) is 3.29. The number of hydrogen-bond donors (Lipinski definition) is 0. The summed E-state index contributed by atoms with van der Waals surface area (Å²) < 4.78 is 0. The smallest absolute Gasteiger partial charge is 0.0162 e. The van der Waals surface area contributed by atoms with Gasteiger partial charge in [0.05, 0.1) is 0 Å². The lowest BCUT2D eigenvalue weighted by molar-refractivity contribution is 0.228. The molecule has 0 nitrogen and oxygen atoms in total. The minimum atomic E-state index is 0.504. The molecule has 1 saturated carbocycles. The minimum Gasteiger partial charge on any atom is -0.0622 e. The van der Waals surface area contributed by atoms with Crippen LogP contribution in [0.15, 0.2) is 30.3 Å². The average molecular weight is 230 g/mol. The molecule has 0 heteroatoms. The van der Waals surface area contributed by atoms with E-state index in [0.717, 1.165) is 11.8 Å². The average Bonchev–Trinajstić information content (AvgIpc) is 2.29. The van der Waals surface area contributed by atoms with Crippen molar-refractivity contribution >= 4 is 0 Å². The number of hydrogen-bond acceptors (Lipinski definition) is 0. The lowest BCUT2D eigenvalue weighted by atomic mass is 9.73. The van der Waals surface area contributed by atoms with Crippen molar-refractivity contribution in [3.8, 4) is 0 Å². The monoisotopic (exact) mass is 230 g/mol. The molecule has 0 heterocycles. The molecule has 0 unspecified atom stereocenters. The highest BCUT2D eigenvalue weighted by molar-refractivity contribution is 5.19. The first-order chi connectivity index (χ1) is 8.04. The summed E-state index contributed by atoms with van der Waals surface area (Å²) in [6, 6.07) is 11.1. The van der Waals surface area contributed by atoms with Crippen LogP contribution in [-0.4, -0.2) is 0 Å². The second-order valence-corrected chi connectivity index (χ2v) is 6.89. The van der Waals surface area contributed by atoms with E-state index in [1.165, 1.54) is 32.1 Å². The Morgan fingerprint density at radius 3 is 2.06 bits per heavy atom. The fraction of sp³-hybridized carbons (Fsp3) is 0.647. The summed E-state index contributed by atoms with van der Waals surface area (Å²) in [5, 5.41) is 0. The Labute approximate surface area is 106 Å². The van der Waals surface area contributed by atoms with E-state index in [1.807, 2.05) is 0 Å². The van der Waals surface area contributed by atoms with Crippen LogP contribution in [-0.2, 0) is 0 Å². The van der Waals surface area contributed by atoms with E-state index in [4.69, 9.17) is 0 Å². The zero-order valence-electron chi connectivity index (χ0n) is 11.6. The third kappa shape index (κ3) is 3.87. The second kappa shape index (κ2) is 5.25. The van der Waals surface area contributed by atoms with Crippen molar-refractivity contribution in [2.24, 2.45) is 11.3 Å². The van der Waals surface area contributed by atoms with E-state index in [0.29, 0.717) is 5.41 Å². The summed E-state index contributed by atoms with van der Waals surface area (Å²) >= 11 is 0. The normalized spacial score (nSPS) is 25.8. The SMILES string of the molecule is CC(C)(C)CC1CCC(c2ccccc2)CC1. The van der Waals surface area contributed by atoms with Crippen molar-refractivity contribution in [2.45, 2.75) is 58.8 Å². The van der Waals surface area contributed by atoms with Crippen molar-refractivity contribution in [2.75, 3.05) is 0 Å². The predicted octanol–water partition coefficient (Wildman–Crippen LogP) is 5.40. The van der Waals surface area contributed by atoms with E-state index >= 15 is 0 Å². The maximum atomic E-state index is 2.37. The lowest BCUT2D eigenvalue weighted by Gasteiger charge is -2.32. The molecule has 94 valence electrons. The van der Waals surface area contributed by atoms with Crippen molar-refractivity contribution in [1.82, 2.24) is 0 Å². The molecular weight excluding hydrogens is 204 g/mol. The summed E-state index contributed by atoms with van der Waals surface area (Å²) in [5.74, 6) is 1.79. The van der Waals surface area contributed by atoms with Gasteiger partial charge in [-0.05, 0) is 54.9 Å². The molecule has 0 aromatic heterocycles. The number of benzene rings is 1. The molecule has 0 amide bonds. The van der Waals surface area contributed by atoms with Gasteiger partial charge in [0, 0.05) is 0 Å². The van der Waals surface area contributed by atoms with Crippen LogP contribution < -0.4 is 0 Å². The highest BCUT2D eigenvalue weighted by Gasteiger charge is 2.25. The largest absolute Gasteiger partial charge is 0.0622 e. The zero-order valence-corrected chi connectivity index (χ0v) is 11.6. The van der Waals surface area contributed by atoms with E-state index < -0.39 is 0 Å². The van der Waals surface area contributed by atoms with E-state index in [2.05, 4.69) is 51.1 Å². The molecule has 0 aliphatic heterocycles. The summed E-state index contributed by atoms with van der Waals surface area (Å²) in [7, 11) is 0. The summed E-state index contributed by atoms with van der Waals surface area (Å²) in [6.07, 6.45) is 7.04. The van der Waals surface area contributed by atoms with Gasteiger partial charge in [0.15, 0.2) is 0 Å². The summed E-state index contributed by atoms with van der Waals surface area (Å²) in [6.45, 7) is 7.11. The second-order valence-electron chi connectivity index (χ2n) is 6.89. The van der Waals surface area contributed by atoms with Crippen molar-refractivity contribution in [3.05, 3.63) is 35.9 Å². The van der Waals surface area contributed by atoms with Crippen molar-refractivity contribution in [1.29, 1.82) is 0 Å². The fourth-order valence-corrected chi connectivity index (χ4v) is 3.29. The third-order valence-corrected chi connectivity index (χ3v) is 4.02. The standard InChI is InChI=1S/C17H26/c1-17(2,3)13-14-9-11-16(12-10-14)15-7-5-4-6-8-15/h4-8,14,16H,9-13H2,1-3H3. The van der Waals surface area contributed by atoms with Gasteiger partial charge in [-0.15, -0.1) is 0 Å². The molecule has 2 rings (SSSR count). The van der Waals surface area contributed by atoms with Gasteiger partial charge in [0.2, 0.25) is 0 Å². The number of rotatable bonds is 2. The molecule has 1 aromatic carbocycles. The molecule has 1 aliphatic rings. The van der Waals surface area contributed by atoms with Crippen LogP contribution in [0.25, 0.3) is 0 Å². The highest BCUT2D eigenvalue weighted by atomic mass is 14.3. The predicted molar refractivity (Wildman–Crippen MR) is 75.2 cm³/mol. The van der Waals surface area contributed by atoms with Gasteiger partial charge < -0.3 is 0 Å². The lowest BCUT2D eigenvalue weighted by Crippen LogP contribution is -2.19. The maximum absolute atomic E-state index is 2.37. The van der Waals surface area contributed by atoms with Gasteiger partial charge in [-0.2, -0.15) is 0 Å². The first-order valence-corrected chi connectivity index (χ1v) is 7.09. The highest BCUT2D eigenvalue weighted by Crippen LogP contribution is 2.40. The van der Waals surface area contributed by atoms with Gasteiger partial charge in [0.25, 0.3) is 0 Å². The summed E-state index contributed by atoms with van der Waals surface area (Å²) in [5.41, 5.74) is 2.06. The first kappa shape index (κ1) is 12.7. The Kier molecular flexibility index (Phi) is 3.91. The van der Waals surface area contributed by atoms with Crippen molar-refractivity contribution < 1.29 is 0 Å². The van der Waals surface area contributed by atoms with Crippen LogP contribution in [0.5, 0.6) is 0 Å². The topological polar surface area (TPSA) is 0 Å². The summed E-state index contributed by atoms with van der Waals surface area (Å²) in [4.78, 5) is 0. The van der Waals surface area contributed by atoms with Gasteiger partial charge in [-0.1, -0.05) is 51.1 Å². The maximum Gasteiger partial charge on any atom is -0.0162 e. The third-order valence-electron chi connectivity index (χ3n) is 4.02. The van der Waals surface area contributed by atoms with Crippen LogP contribution in [0.4, 0.5) is 0 Å². The Morgan fingerprint density at radius 2 is 1.53 bits per heavy atom. The Morgan fingerprint density at radius 1 is 0.941 bits per heavy atom. The zero-order chi connectivity index (χ0) is 12.3. The van der Waals surface area contributed by atoms with Crippen LogP contribution >= 0.6 is 0 Å². The van der Waals surface area contributed by atoms with Gasteiger partial charge in [-0.25, -0.2) is 0 Å². The van der Waals surface area contributed by atoms with Gasteiger partial charge in [0.1, 0.15) is 0 Å². The van der Waals surface area contributed by atoms with Crippen molar-refractivity contribution in [3.63, 3.8) is 0 Å². The molecule has 0 bridgehead atoms. The van der Waals surface area contributed by atoms with E-state index in [9.17, 15) is 0 Å².